The van der Waals surface area contributed by atoms with Gasteiger partial charge in [0.2, 0.25) is 0 Å². The van der Waals surface area contributed by atoms with Gasteiger partial charge in [-0.3, -0.25) is 4.79 Å². The van der Waals surface area contributed by atoms with Crippen LogP contribution >= 0.6 is 11.6 Å². The van der Waals surface area contributed by atoms with E-state index in [9.17, 15) is 9.18 Å². The molecule has 2 aliphatic rings. The molecule has 7 nitrogen and oxygen atoms in total. The van der Waals surface area contributed by atoms with Crippen LogP contribution in [0.15, 0.2) is 24.4 Å². The molecule has 0 spiro atoms. The number of likely N-dealkylation sites (tertiary alicyclic amines) is 1. The number of benzene rings is 1. The van der Waals surface area contributed by atoms with Gasteiger partial charge in [0.25, 0.3) is 5.91 Å². The van der Waals surface area contributed by atoms with Gasteiger partial charge in [-0.15, -0.1) is 0 Å². The van der Waals surface area contributed by atoms with Gasteiger partial charge in [-0.05, 0) is 45.0 Å². The van der Waals surface area contributed by atoms with Gasteiger partial charge in [0.05, 0.1) is 28.7 Å². The molecule has 30 heavy (non-hydrogen) atoms. The quantitative estimate of drug-likeness (QED) is 0.776. The summed E-state index contributed by atoms with van der Waals surface area (Å²) in [5.74, 6) is -0.411. The second-order valence-electron chi connectivity index (χ2n) is 7.63. The molecule has 3 heterocycles. The van der Waals surface area contributed by atoms with Crippen LogP contribution in [0.4, 0.5) is 4.39 Å². The summed E-state index contributed by atoms with van der Waals surface area (Å²) in [6, 6.07) is 3.97. The lowest BCUT2D eigenvalue weighted by molar-refractivity contribution is 0.0784. The van der Waals surface area contributed by atoms with E-state index in [-0.39, 0.29) is 36.8 Å². The van der Waals surface area contributed by atoms with Crippen LogP contribution in [0.2, 0.25) is 5.02 Å². The summed E-state index contributed by atoms with van der Waals surface area (Å²) in [6.07, 6.45) is 3.05. The summed E-state index contributed by atoms with van der Waals surface area (Å²) in [4.78, 5) is 23.4. The third-order valence-electron chi connectivity index (χ3n) is 5.48. The topological polar surface area (TPSA) is 91.2 Å². The van der Waals surface area contributed by atoms with Gasteiger partial charge in [0.1, 0.15) is 23.5 Å². The second kappa shape index (κ2) is 8.65. The Hall–Kier alpha value is -2.58. The van der Waals surface area contributed by atoms with E-state index >= 15 is 0 Å². The SMILES string of the molecule is Cc1nc(C2CN(C(=O)c3ccc(F)cc3OC3CCNCC3)CC2=N)ncc1Cl. The number of halogens is 2. The molecule has 0 radical (unpaired) electrons. The Morgan fingerprint density at radius 1 is 1.37 bits per heavy atom. The molecule has 1 aromatic carbocycles. The van der Waals surface area contributed by atoms with Gasteiger partial charge in [-0.25, -0.2) is 14.4 Å². The van der Waals surface area contributed by atoms with Gasteiger partial charge in [-0.2, -0.15) is 0 Å². The zero-order valence-corrected chi connectivity index (χ0v) is 17.4. The van der Waals surface area contributed by atoms with Crippen LogP contribution in [0.1, 0.15) is 40.6 Å². The highest BCUT2D eigenvalue weighted by Crippen LogP contribution is 2.29. The Morgan fingerprint density at radius 3 is 2.87 bits per heavy atom. The van der Waals surface area contributed by atoms with Crippen LogP contribution in [-0.4, -0.2) is 58.8 Å². The number of piperidine rings is 1. The maximum absolute atomic E-state index is 13.9. The van der Waals surface area contributed by atoms with Crippen LogP contribution in [-0.2, 0) is 0 Å². The Morgan fingerprint density at radius 2 is 2.13 bits per heavy atom. The third-order valence-corrected chi connectivity index (χ3v) is 5.85. The number of carbonyl (C=O) groups is 1. The molecule has 9 heteroatoms. The highest BCUT2D eigenvalue weighted by Gasteiger charge is 2.35. The molecule has 0 bridgehead atoms. The number of carbonyl (C=O) groups excluding carboxylic acids is 1. The van der Waals surface area contributed by atoms with Crippen molar-refractivity contribution in [3.05, 3.63) is 52.3 Å². The molecule has 1 unspecified atom stereocenters. The fourth-order valence-corrected chi connectivity index (χ4v) is 3.87. The van der Waals surface area contributed by atoms with Crippen molar-refractivity contribution in [3.63, 3.8) is 0 Å². The number of hydrogen-bond donors (Lipinski definition) is 2. The van der Waals surface area contributed by atoms with Crippen LogP contribution in [0, 0.1) is 18.2 Å². The van der Waals surface area contributed by atoms with E-state index in [4.69, 9.17) is 21.7 Å². The van der Waals surface area contributed by atoms with Crippen LogP contribution in [0.5, 0.6) is 5.75 Å². The number of amides is 1. The number of ether oxygens (including phenoxy) is 1. The van der Waals surface area contributed by atoms with Crippen molar-refractivity contribution < 1.29 is 13.9 Å². The zero-order chi connectivity index (χ0) is 21.3. The van der Waals surface area contributed by atoms with Crippen molar-refractivity contribution in [2.24, 2.45) is 0 Å². The lowest BCUT2D eigenvalue weighted by atomic mass is 10.1. The molecule has 2 aromatic rings. The molecule has 158 valence electrons. The molecule has 1 atom stereocenters. The molecule has 1 aromatic heterocycles. The number of nitrogens with zero attached hydrogens (tertiary/aromatic N) is 3. The first kappa shape index (κ1) is 20.7. The van der Waals surface area contributed by atoms with E-state index in [0.717, 1.165) is 25.9 Å². The highest BCUT2D eigenvalue weighted by molar-refractivity contribution is 6.31. The van der Waals surface area contributed by atoms with Gasteiger partial charge in [-0.1, -0.05) is 11.6 Å². The molecule has 2 N–H and O–H groups in total. The fraction of sp³-hybridized carbons (Fsp3) is 0.429. The number of nitrogens with one attached hydrogen (secondary N) is 2. The molecule has 1 amide bonds. The molecule has 0 saturated carbocycles. The minimum atomic E-state index is -0.451. The fourth-order valence-electron chi connectivity index (χ4n) is 3.77. The first-order chi connectivity index (χ1) is 14.4. The molecular weight excluding hydrogens is 409 g/mol. The van der Waals surface area contributed by atoms with Crippen LogP contribution in [0.25, 0.3) is 0 Å². The second-order valence-corrected chi connectivity index (χ2v) is 8.04. The minimum Gasteiger partial charge on any atom is -0.489 e. The summed E-state index contributed by atoms with van der Waals surface area (Å²) < 4.78 is 19.9. The number of rotatable bonds is 4. The standard InChI is InChI=1S/C21H23ClFN5O2/c1-12-17(22)9-26-20(27-12)16-10-28(11-18(16)24)21(29)15-3-2-13(23)8-19(15)30-14-4-6-25-7-5-14/h2-3,8-9,14,16,24-25H,4-7,10-11H2,1H3. The van der Waals surface area contributed by atoms with Gasteiger partial charge in [0, 0.05) is 24.5 Å². The molecule has 2 fully saturated rings. The normalized spacial score (nSPS) is 19.9. The molecule has 0 aliphatic carbocycles. The van der Waals surface area contributed by atoms with Gasteiger partial charge < -0.3 is 20.4 Å². The highest BCUT2D eigenvalue weighted by atomic mass is 35.5. The van der Waals surface area contributed by atoms with Crippen molar-refractivity contribution in [2.75, 3.05) is 26.2 Å². The first-order valence-corrected chi connectivity index (χ1v) is 10.3. The minimum absolute atomic E-state index is 0.0605. The van der Waals surface area contributed by atoms with Crippen molar-refractivity contribution in [2.45, 2.75) is 31.8 Å². The summed E-state index contributed by atoms with van der Waals surface area (Å²) in [5.41, 5.74) is 1.29. The number of hydrogen-bond acceptors (Lipinski definition) is 6. The van der Waals surface area contributed by atoms with Crippen molar-refractivity contribution >= 4 is 23.2 Å². The Kier molecular flexibility index (Phi) is 5.97. The average Bonchev–Trinajstić information content (AvgIpc) is 3.12. The summed E-state index contributed by atoms with van der Waals surface area (Å²) in [5, 5.41) is 12.1. The number of aryl methyl sites for hydroxylation is 1. The lowest BCUT2D eigenvalue weighted by Gasteiger charge is -2.25. The van der Waals surface area contributed by atoms with Crippen LogP contribution in [0.3, 0.4) is 0 Å². The van der Waals surface area contributed by atoms with E-state index in [1.165, 1.54) is 24.4 Å². The van der Waals surface area contributed by atoms with E-state index < -0.39 is 5.82 Å². The van der Waals surface area contributed by atoms with Crippen LogP contribution < -0.4 is 10.1 Å². The Balaban J connectivity index is 1.54. The molecular formula is C21H23ClFN5O2. The average molecular weight is 432 g/mol. The predicted molar refractivity (Wildman–Crippen MR) is 111 cm³/mol. The smallest absolute Gasteiger partial charge is 0.257 e. The van der Waals surface area contributed by atoms with Crippen molar-refractivity contribution in [3.8, 4) is 5.75 Å². The first-order valence-electron chi connectivity index (χ1n) is 9.95. The Labute approximate surface area is 179 Å². The largest absolute Gasteiger partial charge is 0.489 e. The lowest BCUT2D eigenvalue weighted by Crippen LogP contribution is -2.35. The van der Waals surface area contributed by atoms with Crippen molar-refractivity contribution in [1.29, 1.82) is 5.41 Å². The van der Waals surface area contributed by atoms with E-state index in [2.05, 4.69) is 15.3 Å². The van der Waals surface area contributed by atoms with Crippen molar-refractivity contribution in [1.82, 2.24) is 20.2 Å². The summed E-state index contributed by atoms with van der Waals surface area (Å²) >= 11 is 6.00. The van der Waals surface area contributed by atoms with E-state index in [0.29, 0.717) is 27.8 Å². The van der Waals surface area contributed by atoms with E-state index in [1.54, 1.807) is 11.8 Å². The number of aromatic nitrogens is 2. The molecule has 4 rings (SSSR count). The van der Waals surface area contributed by atoms with E-state index in [1.807, 2.05) is 0 Å². The molecule has 2 aliphatic heterocycles. The predicted octanol–water partition coefficient (Wildman–Crippen LogP) is 2.97. The Bertz CT molecular complexity index is 980. The van der Waals surface area contributed by atoms with Gasteiger partial charge in [0.15, 0.2) is 0 Å². The molecule has 2 saturated heterocycles. The third kappa shape index (κ3) is 4.29. The summed E-state index contributed by atoms with van der Waals surface area (Å²) in [6.45, 7) is 3.88. The maximum atomic E-state index is 13.9. The summed E-state index contributed by atoms with van der Waals surface area (Å²) in [7, 11) is 0. The van der Waals surface area contributed by atoms with Gasteiger partial charge >= 0.3 is 0 Å². The monoisotopic (exact) mass is 431 g/mol. The maximum Gasteiger partial charge on any atom is 0.257 e. The zero-order valence-electron chi connectivity index (χ0n) is 16.6.